The zero-order valence-corrected chi connectivity index (χ0v) is 26.4. The maximum absolute atomic E-state index is 14.1. The zero-order valence-electron chi connectivity index (χ0n) is 25.7. The third-order valence-electron chi connectivity index (χ3n) is 8.40. The van der Waals surface area contributed by atoms with Gasteiger partial charge in [0.15, 0.2) is 11.3 Å². The first-order valence-electron chi connectivity index (χ1n) is 14.9. The summed E-state index contributed by atoms with van der Waals surface area (Å²) < 4.78 is 46.6. The molecule has 2 aliphatic heterocycles. The molecule has 12 nitrogen and oxygen atoms in total. The van der Waals surface area contributed by atoms with Crippen LogP contribution in [0, 0.1) is 0 Å². The van der Waals surface area contributed by atoms with E-state index in [1.165, 1.54) is 36.2 Å². The third kappa shape index (κ3) is 7.02. The SMILES string of the molecule is Cn1nc(C(F)(F)F)cc1-c1ccc(C[C@H](NC(=O)c2ccc(NC(=O)O)cc2)C(=O)N2CC[C@@]3(C2)OC(=O)Nc2ccc(Cl)cc23)cc1. The Balaban J connectivity index is 1.26. The second-order valence-electron chi connectivity index (χ2n) is 11.7. The van der Waals surface area contributed by atoms with Gasteiger partial charge < -0.3 is 20.1 Å². The summed E-state index contributed by atoms with van der Waals surface area (Å²) in [7, 11) is 1.40. The Morgan fingerprint density at radius 3 is 2.45 bits per heavy atom. The van der Waals surface area contributed by atoms with Crippen molar-refractivity contribution >= 4 is 47.0 Å². The fraction of sp³-hybridized carbons (Fsp3) is 0.242. The van der Waals surface area contributed by atoms with Gasteiger partial charge in [0.05, 0.1) is 17.9 Å². The number of halogens is 4. The van der Waals surface area contributed by atoms with Crippen LogP contribution in [0.5, 0.6) is 0 Å². The molecule has 4 aromatic rings. The number of alkyl halides is 3. The number of rotatable bonds is 7. The number of nitrogens with zero attached hydrogens (tertiary/aromatic N) is 3. The number of carbonyl (C=O) groups excluding carboxylic acids is 3. The van der Waals surface area contributed by atoms with Crippen molar-refractivity contribution in [2.24, 2.45) is 7.05 Å². The Morgan fingerprint density at radius 1 is 1.08 bits per heavy atom. The molecule has 3 heterocycles. The lowest BCUT2D eigenvalue weighted by molar-refractivity contribution is -0.141. The van der Waals surface area contributed by atoms with E-state index in [1.54, 1.807) is 42.5 Å². The maximum atomic E-state index is 14.1. The normalized spacial score (nSPS) is 17.6. The number of carboxylic acid groups (broad SMARTS) is 1. The Kier molecular flexibility index (Phi) is 8.71. The molecule has 1 aromatic heterocycles. The first-order valence-corrected chi connectivity index (χ1v) is 15.3. The molecule has 1 spiro atoms. The molecule has 4 N–H and O–H groups in total. The van der Waals surface area contributed by atoms with E-state index in [0.717, 1.165) is 10.7 Å². The van der Waals surface area contributed by atoms with Crippen LogP contribution < -0.4 is 16.0 Å². The predicted molar refractivity (Wildman–Crippen MR) is 171 cm³/mol. The lowest BCUT2D eigenvalue weighted by Gasteiger charge is -2.35. The van der Waals surface area contributed by atoms with Crippen molar-refractivity contribution < 1.29 is 42.2 Å². The highest BCUT2D eigenvalue weighted by Crippen LogP contribution is 2.44. The Hall–Kier alpha value is -5.57. The highest BCUT2D eigenvalue weighted by Gasteiger charge is 2.49. The number of hydrogen-bond acceptors (Lipinski definition) is 6. The monoisotopic (exact) mass is 696 g/mol. The van der Waals surface area contributed by atoms with Gasteiger partial charge in [-0.1, -0.05) is 35.9 Å². The Bertz CT molecular complexity index is 1950. The number of aromatic nitrogens is 2. The van der Waals surface area contributed by atoms with E-state index < -0.39 is 47.5 Å². The minimum Gasteiger partial charge on any atom is -0.465 e. The van der Waals surface area contributed by atoms with E-state index in [4.69, 9.17) is 21.4 Å². The van der Waals surface area contributed by atoms with Crippen LogP contribution in [0.1, 0.15) is 33.6 Å². The maximum Gasteiger partial charge on any atom is 0.435 e. The Labute approximate surface area is 281 Å². The van der Waals surface area contributed by atoms with Gasteiger partial charge >= 0.3 is 18.4 Å². The second kappa shape index (κ2) is 12.8. The molecule has 0 unspecified atom stereocenters. The summed E-state index contributed by atoms with van der Waals surface area (Å²) in [4.78, 5) is 52.5. The minimum absolute atomic E-state index is 0.00448. The van der Waals surface area contributed by atoms with E-state index in [2.05, 4.69) is 21.0 Å². The van der Waals surface area contributed by atoms with E-state index in [9.17, 15) is 32.3 Å². The number of amides is 4. The number of likely N-dealkylation sites (tertiary alicyclic amines) is 1. The molecule has 3 aromatic carbocycles. The fourth-order valence-corrected chi connectivity index (χ4v) is 6.23. The smallest absolute Gasteiger partial charge is 0.435 e. The van der Waals surface area contributed by atoms with Gasteiger partial charge in [-0.15, -0.1) is 0 Å². The third-order valence-corrected chi connectivity index (χ3v) is 8.64. The number of benzene rings is 3. The first kappa shape index (κ1) is 33.3. The summed E-state index contributed by atoms with van der Waals surface area (Å²) in [6, 6.07) is 16.9. The molecule has 1 saturated heterocycles. The topological polar surface area (TPSA) is 155 Å². The molecule has 6 rings (SSSR count). The first-order chi connectivity index (χ1) is 23.2. The van der Waals surface area contributed by atoms with Crippen molar-refractivity contribution in [2.45, 2.75) is 30.7 Å². The predicted octanol–water partition coefficient (Wildman–Crippen LogP) is 5.88. The van der Waals surface area contributed by atoms with Crippen LogP contribution >= 0.6 is 11.6 Å². The molecule has 2 atom stereocenters. The molecule has 254 valence electrons. The summed E-state index contributed by atoms with van der Waals surface area (Å²) in [6.45, 7) is 0.191. The highest BCUT2D eigenvalue weighted by atomic mass is 35.5. The molecule has 16 heteroatoms. The van der Waals surface area contributed by atoms with Crippen molar-refractivity contribution in [1.29, 1.82) is 0 Å². The molecule has 4 amide bonds. The van der Waals surface area contributed by atoms with Gasteiger partial charge in [0, 0.05) is 48.3 Å². The molecule has 49 heavy (non-hydrogen) atoms. The molecular formula is C33H28ClF3N6O6. The van der Waals surface area contributed by atoms with Gasteiger partial charge in [0.2, 0.25) is 5.91 Å². The zero-order chi connectivity index (χ0) is 35.1. The van der Waals surface area contributed by atoms with E-state index >= 15 is 0 Å². The molecule has 1 fully saturated rings. The average Bonchev–Trinajstić information content (AvgIpc) is 3.65. The molecule has 2 aliphatic rings. The number of aryl methyl sites for hydroxylation is 1. The molecule has 0 radical (unpaired) electrons. The van der Waals surface area contributed by atoms with Crippen LogP contribution in [0.3, 0.4) is 0 Å². The molecule has 0 aliphatic carbocycles. The largest absolute Gasteiger partial charge is 0.465 e. The van der Waals surface area contributed by atoms with E-state index in [-0.39, 0.29) is 42.9 Å². The van der Waals surface area contributed by atoms with Crippen LogP contribution in [0.2, 0.25) is 5.02 Å². The lowest BCUT2D eigenvalue weighted by Crippen LogP contribution is -2.50. The van der Waals surface area contributed by atoms with Crippen LogP contribution in [0.25, 0.3) is 11.3 Å². The number of anilines is 2. The summed E-state index contributed by atoms with van der Waals surface area (Å²) in [5.74, 6) is -1.07. The van der Waals surface area contributed by atoms with Gasteiger partial charge in [0.25, 0.3) is 5.91 Å². The molecule has 0 bridgehead atoms. The van der Waals surface area contributed by atoms with Gasteiger partial charge in [-0.25, -0.2) is 9.59 Å². The van der Waals surface area contributed by atoms with Crippen LogP contribution in [-0.4, -0.2) is 62.9 Å². The van der Waals surface area contributed by atoms with Crippen molar-refractivity contribution in [3.05, 3.63) is 100 Å². The summed E-state index contributed by atoms with van der Waals surface area (Å²) in [6.07, 6.45) is -6.27. The van der Waals surface area contributed by atoms with Gasteiger partial charge in [-0.3, -0.25) is 24.9 Å². The Morgan fingerprint density at radius 2 is 1.80 bits per heavy atom. The van der Waals surface area contributed by atoms with Crippen LogP contribution in [0.15, 0.2) is 72.8 Å². The number of ether oxygens (including phenoxy) is 1. The van der Waals surface area contributed by atoms with Crippen LogP contribution in [0.4, 0.5) is 34.1 Å². The average molecular weight is 697 g/mol. The van der Waals surface area contributed by atoms with Gasteiger partial charge in [-0.05, 0) is 59.7 Å². The minimum atomic E-state index is -4.61. The number of hydrogen-bond donors (Lipinski definition) is 4. The van der Waals surface area contributed by atoms with E-state index in [1.807, 2.05) is 0 Å². The van der Waals surface area contributed by atoms with Crippen LogP contribution in [-0.2, 0) is 34.8 Å². The van der Waals surface area contributed by atoms with E-state index in [0.29, 0.717) is 27.4 Å². The van der Waals surface area contributed by atoms with Crippen molar-refractivity contribution in [3.63, 3.8) is 0 Å². The van der Waals surface area contributed by atoms with Crippen molar-refractivity contribution in [1.82, 2.24) is 20.0 Å². The van der Waals surface area contributed by atoms with Crippen molar-refractivity contribution in [3.8, 4) is 11.3 Å². The molecular weight excluding hydrogens is 669 g/mol. The van der Waals surface area contributed by atoms with Gasteiger partial charge in [-0.2, -0.15) is 18.3 Å². The number of fused-ring (bicyclic) bond motifs is 2. The number of carbonyl (C=O) groups is 4. The number of nitrogens with one attached hydrogen (secondary N) is 3. The quantitative estimate of drug-likeness (QED) is 0.188. The highest BCUT2D eigenvalue weighted by molar-refractivity contribution is 6.30. The van der Waals surface area contributed by atoms with Gasteiger partial charge in [0.1, 0.15) is 6.04 Å². The lowest BCUT2D eigenvalue weighted by atomic mass is 9.90. The summed E-state index contributed by atoms with van der Waals surface area (Å²) in [5.41, 5.74) is 0.633. The summed E-state index contributed by atoms with van der Waals surface area (Å²) in [5, 5.41) is 20.5. The summed E-state index contributed by atoms with van der Waals surface area (Å²) >= 11 is 6.26. The fourth-order valence-electron chi connectivity index (χ4n) is 6.06. The second-order valence-corrected chi connectivity index (χ2v) is 12.1. The standard InChI is InChI=1S/C33H28ClF3N6O6/c1-42-26(16-27(41-42)33(35,36)37)19-4-2-18(3-5-19)14-25(39-28(44)20-6-9-22(10-7-20)38-30(46)47)29(45)43-13-12-32(17-43)23-15-21(34)8-11-24(23)40-31(48)49-32/h2-11,15-16,25,38H,12-14,17H2,1H3,(H,39,44)(H,40,48)(H,46,47)/t25-,32-/m0/s1. The van der Waals surface area contributed by atoms with Crippen molar-refractivity contribution in [2.75, 3.05) is 23.7 Å². The molecule has 0 saturated carbocycles.